The number of amides is 1. The summed E-state index contributed by atoms with van der Waals surface area (Å²) in [5.41, 5.74) is 1.58. The van der Waals surface area contributed by atoms with Gasteiger partial charge in [0.15, 0.2) is 5.13 Å². The van der Waals surface area contributed by atoms with Crippen LogP contribution in [0.2, 0.25) is 0 Å². The van der Waals surface area contributed by atoms with Crippen LogP contribution in [0.15, 0.2) is 23.6 Å². The molecule has 2 heterocycles. The van der Waals surface area contributed by atoms with Crippen molar-refractivity contribution in [2.45, 2.75) is 32.1 Å². The van der Waals surface area contributed by atoms with E-state index in [-0.39, 0.29) is 5.91 Å². The molecule has 2 aromatic rings. The molecule has 0 spiro atoms. The molecule has 0 bridgehead atoms. The van der Waals surface area contributed by atoms with Crippen molar-refractivity contribution in [2.24, 2.45) is 0 Å². The van der Waals surface area contributed by atoms with Crippen molar-refractivity contribution in [3.63, 3.8) is 0 Å². The summed E-state index contributed by atoms with van der Waals surface area (Å²) in [4.78, 5) is 19.0. The third-order valence-electron chi connectivity index (χ3n) is 4.49. The zero-order valence-electron chi connectivity index (χ0n) is 15.3. The lowest BCUT2D eigenvalue weighted by Crippen LogP contribution is -2.33. The average molecular weight is 375 g/mol. The molecule has 1 amide bonds. The Bertz CT molecular complexity index is 739. The molecule has 0 radical (unpaired) electrons. The number of anilines is 2. The molecule has 1 fully saturated rings. The minimum atomic E-state index is 0.169. The summed E-state index contributed by atoms with van der Waals surface area (Å²) in [6.07, 6.45) is 5.00. The number of carbonyl (C=O) groups excluding carboxylic acids is 1. The predicted molar refractivity (Wildman–Crippen MR) is 104 cm³/mol. The van der Waals surface area contributed by atoms with E-state index in [1.165, 1.54) is 24.2 Å². The predicted octanol–water partition coefficient (Wildman–Crippen LogP) is 3.85. The molecule has 3 rings (SSSR count). The summed E-state index contributed by atoms with van der Waals surface area (Å²) in [5.74, 6) is 1.62. The molecule has 1 aliphatic rings. The van der Waals surface area contributed by atoms with E-state index in [0.29, 0.717) is 12.2 Å². The van der Waals surface area contributed by atoms with Gasteiger partial charge < -0.3 is 19.7 Å². The van der Waals surface area contributed by atoms with Gasteiger partial charge >= 0.3 is 0 Å². The summed E-state index contributed by atoms with van der Waals surface area (Å²) >= 11 is 1.48. The van der Waals surface area contributed by atoms with Crippen LogP contribution in [0.4, 0.5) is 10.8 Å². The second-order valence-corrected chi connectivity index (χ2v) is 7.17. The lowest BCUT2D eigenvalue weighted by Gasteiger charge is -2.19. The van der Waals surface area contributed by atoms with Crippen molar-refractivity contribution in [3.8, 4) is 11.5 Å². The van der Waals surface area contributed by atoms with Gasteiger partial charge in [0.2, 0.25) is 5.91 Å². The Balaban J connectivity index is 1.65. The lowest BCUT2D eigenvalue weighted by atomic mass is 10.2. The van der Waals surface area contributed by atoms with Crippen LogP contribution in [0.5, 0.6) is 11.5 Å². The molecule has 1 aromatic carbocycles. The van der Waals surface area contributed by atoms with Crippen LogP contribution >= 0.6 is 11.3 Å². The Morgan fingerprint density at radius 2 is 1.96 bits per heavy atom. The number of likely N-dealkylation sites (tertiary alicyclic amines) is 1. The van der Waals surface area contributed by atoms with E-state index in [1.54, 1.807) is 14.2 Å². The maximum Gasteiger partial charge on any atom is 0.228 e. The molecule has 0 atom stereocenters. The molecule has 1 aliphatic heterocycles. The fourth-order valence-corrected chi connectivity index (χ4v) is 3.78. The Morgan fingerprint density at radius 3 is 2.65 bits per heavy atom. The topological polar surface area (TPSA) is 63.7 Å². The van der Waals surface area contributed by atoms with Crippen molar-refractivity contribution in [1.29, 1.82) is 0 Å². The van der Waals surface area contributed by atoms with Gasteiger partial charge in [0.05, 0.1) is 32.0 Å². The first-order chi connectivity index (χ1) is 12.7. The highest BCUT2D eigenvalue weighted by atomic mass is 32.1. The summed E-state index contributed by atoms with van der Waals surface area (Å²) in [7, 11) is 3.25. The summed E-state index contributed by atoms with van der Waals surface area (Å²) < 4.78 is 10.6. The molecule has 1 saturated heterocycles. The molecule has 26 heavy (non-hydrogen) atoms. The highest BCUT2D eigenvalue weighted by molar-refractivity contribution is 7.13. The summed E-state index contributed by atoms with van der Waals surface area (Å²) in [6.45, 7) is 1.74. The Labute approximate surface area is 158 Å². The Hall–Kier alpha value is -2.28. The Morgan fingerprint density at radius 1 is 1.19 bits per heavy atom. The average Bonchev–Trinajstić information content (AvgIpc) is 2.92. The first kappa shape index (κ1) is 18.5. The van der Waals surface area contributed by atoms with E-state index in [0.717, 1.165) is 48.2 Å². The lowest BCUT2D eigenvalue weighted by molar-refractivity contribution is -0.130. The smallest absolute Gasteiger partial charge is 0.228 e. The van der Waals surface area contributed by atoms with Gasteiger partial charge in [0, 0.05) is 24.5 Å². The van der Waals surface area contributed by atoms with Gasteiger partial charge in [-0.3, -0.25) is 4.79 Å². The number of carbonyl (C=O) groups is 1. The standard InChI is InChI=1S/C19H25N3O3S/c1-24-15-7-8-17(25-2)16(12-15)21-19-20-14(13-26-19)11-18(23)22-9-5-3-4-6-10-22/h7-8,12-13H,3-6,9-11H2,1-2H3,(H,20,21). The number of rotatable bonds is 6. The number of thiazole rings is 1. The first-order valence-corrected chi connectivity index (χ1v) is 9.79. The molecule has 0 saturated carbocycles. The number of methoxy groups -OCH3 is 2. The number of nitrogens with zero attached hydrogens (tertiary/aromatic N) is 2. The molecule has 1 aromatic heterocycles. The van der Waals surface area contributed by atoms with E-state index in [2.05, 4.69) is 10.3 Å². The first-order valence-electron chi connectivity index (χ1n) is 8.91. The maximum absolute atomic E-state index is 12.5. The highest BCUT2D eigenvalue weighted by Gasteiger charge is 2.17. The quantitative estimate of drug-likeness (QED) is 0.831. The number of hydrogen-bond donors (Lipinski definition) is 1. The summed E-state index contributed by atoms with van der Waals surface area (Å²) in [6, 6.07) is 5.55. The van der Waals surface area contributed by atoms with Crippen molar-refractivity contribution in [3.05, 3.63) is 29.3 Å². The Kier molecular flexibility index (Phi) is 6.33. The molecule has 1 N–H and O–H groups in total. The van der Waals surface area contributed by atoms with Gasteiger partial charge in [-0.05, 0) is 25.0 Å². The van der Waals surface area contributed by atoms with E-state index >= 15 is 0 Å². The van der Waals surface area contributed by atoms with Gasteiger partial charge in [0.25, 0.3) is 0 Å². The monoisotopic (exact) mass is 375 g/mol. The van der Waals surface area contributed by atoms with Crippen LogP contribution < -0.4 is 14.8 Å². The van der Waals surface area contributed by atoms with Crippen LogP contribution in [0.25, 0.3) is 0 Å². The molecule has 6 nitrogen and oxygen atoms in total. The van der Waals surface area contributed by atoms with Crippen LogP contribution in [-0.4, -0.2) is 43.1 Å². The van der Waals surface area contributed by atoms with Gasteiger partial charge in [0.1, 0.15) is 11.5 Å². The molecule has 140 valence electrons. The minimum Gasteiger partial charge on any atom is -0.497 e. The number of nitrogens with one attached hydrogen (secondary N) is 1. The minimum absolute atomic E-state index is 0.169. The fourth-order valence-electron chi connectivity index (χ4n) is 3.06. The van der Waals surface area contributed by atoms with Gasteiger partial charge in [-0.25, -0.2) is 4.98 Å². The van der Waals surface area contributed by atoms with E-state index in [1.807, 2.05) is 28.5 Å². The van der Waals surface area contributed by atoms with E-state index in [4.69, 9.17) is 9.47 Å². The molecular formula is C19H25N3O3S. The molecule has 0 aliphatic carbocycles. The largest absolute Gasteiger partial charge is 0.497 e. The van der Waals surface area contributed by atoms with Gasteiger partial charge in [-0.1, -0.05) is 12.8 Å². The number of ether oxygens (including phenoxy) is 2. The molecule has 7 heteroatoms. The van der Waals surface area contributed by atoms with Crippen molar-refractivity contribution in [1.82, 2.24) is 9.88 Å². The number of benzene rings is 1. The maximum atomic E-state index is 12.5. The highest BCUT2D eigenvalue weighted by Crippen LogP contribution is 2.32. The molecule has 0 unspecified atom stereocenters. The second kappa shape index (κ2) is 8.89. The second-order valence-electron chi connectivity index (χ2n) is 6.31. The van der Waals surface area contributed by atoms with Gasteiger partial charge in [-0.15, -0.1) is 11.3 Å². The van der Waals surface area contributed by atoms with Crippen LogP contribution in [0, 0.1) is 0 Å². The SMILES string of the molecule is COc1ccc(OC)c(Nc2nc(CC(=O)N3CCCCCC3)cs2)c1. The fraction of sp³-hybridized carbons (Fsp3) is 0.474. The third-order valence-corrected chi connectivity index (χ3v) is 5.30. The van der Waals surface area contributed by atoms with E-state index < -0.39 is 0 Å². The van der Waals surface area contributed by atoms with Crippen LogP contribution in [-0.2, 0) is 11.2 Å². The summed E-state index contributed by atoms with van der Waals surface area (Å²) in [5, 5.41) is 5.93. The third kappa shape index (κ3) is 4.66. The van der Waals surface area contributed by atoms with Crippen molar-refractivity contribution >= 4 is 28.1 Å². The van der Waals surface area contributed by atoms with Crippen LogP contribution in [0.3, 0.4) is 0 Å². The van der Waals surface area contributed by atoms with E-state index in [9.17, 15) is 4.79 Å². The normalized spacial score (nSPS) is 14.6. The van der Waals surface area contributed by atoms with Crippen molar-refractivity contribution in [2.75, 3.05) is 32.6 Å². The van der Waals surface area contributed by atoms with Crippen molar-refractivity contribution < 1.29 is 14.3 Å². The van der Waals surface area contributed by atoms with Crippen LogP contribution in [0.1, 0.15) is 31.4 Å². The number of hydrogen-bond acceptors (Lipinski definition) is 6. The zero-order chi connectivity index (χ0) is 18.4. The van der Waals surface area contributed by atoms with Gasteiger partial charge in [-0.2, -0.15) is 0 Å². The zero-order valence-corrected chi connectivity index (χ0v) is 16.1. The molecular weight excluding hydrogens is 350 g/mol. The number of aromatic nitrogens is 1.